The number of aromatic nitrogens is 4. The maximum atomic E-state index is 12.7. The molecule has 1 atom stereocenters. The van der Waals surface area contributed by atoms with Gasteiger partial charge in [0.1, 0.15) is 11.6 Å². The highest BCUT2D eigenvalue weighted by molar-refractivity contribution is 5.95. The van der Waals surface area contributed by atoms with Gasteiger partial charge < -0.3 is 10.5 Å². The van der Waals surface area contributed by atoms with Gasteiger partial charge in [0.25, 0.3) is 0 Å². The molecular formula is C30H33N7O3. The van der Waals surface area contributed by atoms with Crippen molar-refractivity contribution in [2.45, 2.75) is 45.3 Å². The van der Waals surface area contributed by atoms with Crippen molar-refractivity contribution >= 4 is 23.9 Å². The minimum absolute atomic E-state index is 0.220. The topological polar surface area (TPSA) is 136 Å². The van der Waals surface area contributed by atoms with E-state index in [2.05, 4.69) is 25.3 Å². The summed E-state index contributed by atoms with van der Waals surface area (Å²) in [5.41, 5.74) is 8.43. The lowest BCUT2D eigenvalue weighted by Gasteiger charge is -2.27. The number of carbonyl (C=O) groups is 2. The van der Waals surface area contributed by atoms with Crippen LogP contribution >= 0.6 is 0 Å². The molecule has 1 fully saturated rings. The van der Waals surface area contributed by atoms with E-state index in [1.165, 1.54) is 4.90 Å². The average molecular weight is 540 g/mol. The van der Waals surface area contributed by atoms with Crippen LogP contribution in [0.25, 0.3) is 22.5 Å². The van der Waals surface area contributed by atoms with E-state index in [1.807, 2.05) is 66.7 Å². The van der Waals surface area contributed by atoms with E-state index in [-0.39, 0.29) is 11.9 Å². The maximum Gasteiger partial charge on any atom is 0.410 e. The molecule has 4 aromatic rings. The van der Waals surface area contributed by atoms with Gasteiger partial charge in [-0.15, -0.1) is 0 Å². The molecule has 2 aromatic carbocycles. The summed E-state index contributed by atoms with van der Waals surface area (Å²) in [7, 11) is 0. The van der Waals surface area contributed by atoms with Crippen LogP contribution in [0.5, 0.6) is 0 Å². The number of rotatable bonds is 4. The molecule has 0 spiro atoms. The third-order valence-corrected chi connectivity index (χ3v) is 5.89. The summed E-state index contributed by atoms with van der Waals surface area (Å²) in [6, 6.07) is 22.6. The molecule has 1 saturated heterocycles. The molecule has 2 aromatic heterocycles. The number of nitrogens with two attached hydrogens (primary N) is 1. The molecule has 0 saturated carbocycles. The van der Waals surface area contributed by atoms with Crippen LogP contribution in [0.1, 0.15) is 33.6 Å². The third kappa shape index (κ3) is 7.83. The summed E-state index contributed by atoms with van der Waals surface area (Å²) >= 11 is 0. The van der Waals surface area contributed by atoms with Crippen LogP contribution in [0.15, 0.2) is 85.2 Å². The second-order valence-corrected chi connectivity index (χ2v) is 10.1. The number of benzene rings is 2. The van der Waals surface area contributed by atoms with E-state index in [0.29, 0.717) is 18.9 Å². The summed E-state index contributed by atoms with van der Waals surface area (Å²) in [5, 5.41) is 2.73. The molecule has 2 amide bonds. The first kappa shape index (κ1) is 28.2. The number of ether oxygens (including phenoxy) is 1. The fraction of sp³-hybridized carbons (Fsp3) is 0.267. The van der Waals surface area contributed by atoms with Gasteiger partial charge in [-0.1, -0.05) is 60.7 Å². The van der Waals surface area contributed by atoms with Crippen molar-refractivity contribution in [3.8, 4) is 22.5 Å². The molecular weight excluding hydrogens is 506 g/mol. The second kappa shape index (κ2) is 12.8. The van der Waals surface area contributed by atoms with Gasteiger partial charge in [0.05, 0.1) is 11.4 Å². The number of hydrogen-bond donors (Lipinski definition) is 2. The number of nitrogens with zero attached hydrogens (tertiary/aromatic N) is 5. The second-order valence-electron chi connectivity index (χ2n) is 10.1. The van der Waals surface area contributed by atoms with E-state index in [0.717, 1.165) is 28.9 Å². The molecule has 1 aliphatic rings. The smallest absolute Gasteiger partial charge is 0.410 e. The highest BCUT2D eigenvalue weighted by Gasteiger charge is 2.36. The third-order valence-electron chi connectivity index (χ3n) is 5.89. The lowest BCUT2D eigenvalue weighted by molar-refractivity contribution is -0.120. The quantitative estimate of drug-likeness (QED) is 0.361. The van der Waals surface area contributed by atoms with Gasteiger partial charge in [-0.25, -0.2) is 24.7 Å². The van der Waals surface area contributed by atoms with Crippen molar-refractivity contribution in [1.29, 1.82) is 0 Å². The molecule has 206 valence electrons. The van der Waals surface area contributed by atoms with Crippen molar-refractivity contribution in [1.82, 2.24) is 24.8 Å². The molecule has 10 nitrogen and oxygen atoms in total. The van der Waals surface area contributed by atoms with Crippen LogP contribution in [-0.2, 0) is 9.53 Å². The van der Waals surface area contributed by atoms with Gasteiger partial charge >= 0.3 is 6.09 Å². The Bertz CT molecular complexity index is 1430. The summed E-state index contributed by atoms with van der Waals surface area (Å²) in [6.45, 7) is 5.91. The van der Waals surface area contributed by atoms with Crippen LogP contribution in [0.2, 0.25) is 0 Å². The van der Waals surface area contributed by atoms with Crippen molar-refractivity contribution in [2.24, 2.45) is 0 Å². The monoisotopic (exact) mass is 539 g/mol. The summed E-state index contributed by atoms with van der Waals surface area (Å²) in [6.07, 6.45) is 4.13. The first-order valence-corrected chi connectivity index (χ1v) is 13.0. The zero-order chi connectivity index (χ0) is 28.5. The molecule has 40 heavy (non-hydrogen) atoms. The molecule has 5 rings (SSSR count). The number of carbonyl (C=O) groups excluding carboxylic acids is 2. The SMILES string of the molecule is CC(C)(C)OC(=O)N1CCCC1C(=O)Nc1nccc(-c2ccccc2)n1.Nc1nccc(-c2ccccc2)n1. The van der Waals surface area contributed by atoms with Crippen molar-refractivity contribution in [3.05, 3.63) is 85.2 Å². The van der Waals surface area contributed by atoms with E-state index in [1.54, 1.807) is 39.2 Å². The lowest BCUT2D eigenvalue weighted by Crippen LogP contribution is -2.45. The Morgan fingerprint density at radius 3 is 2.02 bits per heavy atom. The number of hydrogen-bond acceptors (Lipinski definition) is 8. The molecule has 0 radical (unpaired) electrons. The Morgan fingerprint density at radius 1 is 0.875 bits per heavy atom. The number of anilines is 2. The Morgan fingerprint density at radius 2 is 1.45 bits per heavy atom. The number of amides is 2. The summed E-state index contributed by atoms with van der Waals surface area (Å²) < 4.78 is 5.40. The molecule has 10 heteroatoms. The van der Waals surface area contributed by atoms with E-state index in [4.69, 9.17) is 10.5 Å². The zero-order valence-electron chi connectivity index (χ0n) is 22.8. The summed E-state index contributed by atoms with van der Waals surface area (Å²) in [4.78, 5) is 43.0. The molecule has 1 aliphatic heterocycles. The Kier molecular flexibility index (Phi) is 9.00. The Balaban J connectivity index is 0.000000236. The van der Waals surface area contributed by atoms with Crippen LogP contribution in [0.4, 0.5) is 16.7 Å². The van der Waals surface area contributed by atoms with Crippen LogP contribution in [-0.4, -0.2) is 55.0 Å². The fourth-order valence-corrected chi connectivity index (χ4v) is 4.10. The Labute approximate surface area is 233 Å². The lowest BCUT2D eigenvalue weighted by atomic mass is 10.1. The summed E-state index contributed by atoms with van der Waals surface area (Å²) in [5.74, 6) is 0.224. The normalized spacial score (nSPS) is 14.6. The van der Waals surface area contributed by atoms with Gasteiger partial charge in [0.15, 0.2) is 0 Å². The largest absolute Gasteiger partial charge is 0.444 e. The van der Waals surface area contributed by atoms with Crippen LogP contribution < -0.4 is 11.1 Å². The molecule has 1 unspecified atom stereocenters. The van der Waals surface area contributed by atoms with E-state index in [9.17, 15) is 9.59 Å². The van der Waals surface area contributed by atoms with Crippen molar-refractivity contribution < 1.29 is 14.3 Å². The molecule has 3 N–H and O–H groups in total. The van der Waals surface area contributed by atoms with E-state index < -0.39 is 17.7 Å². The van der Waals surface area contributed by atoms with Crippen LogP contribution in [0, 0.1) is 0 Å². The minimum atomic E-state index is -0.603. The predicted octanol–water partition coefficient (Wildman–Crippen LogP) is 5.21. The zero-order valence-corrected chi connectivity index (χ0v) is 22.8. The maximum absolute atomic E-state index is 12.7. The van der Waals surface area contributed by atoms with E-state index >= 15 is 0 Å². The number of likely N-dealkylation sites (tertiary alicyclic amines) is 1. The number of nitrogen functional groups attached to an aromatic ring is 1. The van der Waals surface area contributed by atoms with Gasteiger partial charge in [-0.05, 0) is 45.7 Å². The molecule has 0 aliphatic carbocycles. The fourth-order valence-electron chi connectivity index (χ4n) is 4.10. The molecule has 0 bridgehead atoms. The first-order valence-electron chi connectivity index (χ1n) is 13.0. The van der Waals surface area contributed by atoms with Crippen molar-refractivity contribution in [3.63, 3.8) is 0 Å². The highest BCUT2D eigenvalue weighted by atomic mass is 16.6. The van der Waals surface area contributed by atoms with Gasteiger partial charge in [-0.3, -0.25) is 15.0 Å². The molecule has 3 heterocycles. The Hall–Kier alpha value is -4.86. The average Bonchev–Trinajstić information content (AvgIpc) is 3.45. The van der Waals surface area contributed by atoms with Crippen molar-refractivity contribution in [2.75, 3.05) is 17.6 Å². The number of nitrogens with one attached hydrogen (secondary N) is 1. The van der Waals surface area contributed by atoms with Gasteiger partial charge in [0, 0.05) is 30.1 Å². The van der Waals surface area contributed by atoms with Gasteiger partial charge in [0.2, 0.25) is 17.8 Å². The van der Waals surface area contributed by atoms with Gasteiger partial charge in [-0.2, -0.15) is 0 Å². The minimum Gasteiger partial charge on any atom is -0.444 e. The van der Waals surface area contributed by atoms with Crippen LogP contribution in [0.3, 0.4) is 0 Å². The highest BCUT2D eigenvalue weighted by Crippen LogP contribution is 2.23. The predicted molar refractivity (Wildman–Crippen MR) is 154 cm³/mol. The standard InChI is InChI=1S/C20H24N4O3.C10H9N3/c1-20(2,3)27-19(26)24-13-7-10-16(24)17(25)23-18-21-12-11-15(22-18)14-8-5-4-6-9-14;11-10-12-7-6-9(13-10)8-4-2-1-3-5-8/h4-6,8-9,11-12,16H,7,10,13H2,1-3H3,(H,21,22,23,25);1-7H,(H2,11,12,13). The first-order chi connectivity index (χ1) is 19.2.